The van der Waals surface area contributed by atoms with Gasteiger partial charge in [-0.05, 0) is 42.0 Å². The van der Waals surface area contributed by atoms with Gasteiger partial charge < -0.3 is 20.8 Å². The highest BCUT2D eigenvalue weighted by molar-refractivity contribution is 8.15. The first-order valence-corrected chi connectivity index (χ1v) is 11.4. The van der Waals surface area contributed by atoms with Crippen LogP contribution < -0.4 is 21.9 Å². The molecule has 1 saturated heterocycles. The molecule has 1 fully saturated rings. The van der Waals surface area contributed by atoms with E-state index in [0.29, 0.717) is 16.3 Å². The zero-order valence-corrected chi connectivity index (χ0v) is 19.3. The Morgan fingerprint density at radius 2 is 1.74 bits per heavy atom. The van der Waals surface area contributed by atoms with Gasteiger partial charge in [0.1, 0.15) is 22.6 Å². The van der Waals surface area contributed by atoms with Gasteiger partial charge in [0, 0.05) is 17.1 Å². The molecular formula is C22H18ClN5O6S. The summed E-state index contributed by atoms with van der Waals surface area (Å²) in [6, 6.07) is 11.1. The van der Waals surface area contributed by atoms with Crippen LogP contribution in [-0.2, 0) is 9.59 Å². The first kappa shape index (κ1) is 24.1. The van der Waals surface area contributed by atoms with Crippen LogP contribution in [0.2, 0.25) is 5.02 Å². The van der Waals surface area contributed by atoms with Crippen LogP contribution >= 0.6 is 23.4 Å². The number of hydrogen-bond acceptors (Lipinski definition) is 8. The van der Waals surface area contributed by atoms with Gasteiger partial charge in [-0.1, -0.05) is 35.5 Å². The molecule has 3 aromatic rings. The highest BCUT2D eigenvalue weighted by Gasteiger charge is 2.33. The quantitative estimate of drug-likeness (QED) is 0.290. The third-order valence-electron chi connectivity index (χ3n) is 4.96. The summed E-state index contributed by atoms with van der Waals surface area (Å²) in [4.78, 5) is 57.4. The van der Waals surface area contributed by atoms with E-state index < -0.39 is 40.2 Å². The standard InChI is InChI=1S/C22H18ClN5O6S/c23-11-3-5-12(6-4-11)24-15(30)9-14-18(31)28-22(35-14)25-17(10-1-7-13(29)8-2-10)16-19(32)26-21(34)27-20(16)33/h1-8,14,17,29H,9H2,(H,24,30)(H,25,28,31)(H3,26,27,32,33,34)/t14-,17+/m0/s1. The number of aromatic nitrogens is 2. The summed E-state index contributed by atoms with van der Waals surface area (Å²) < 4.78 is 0. The van der Waals surface area contributed by atoms with Crippen LogP contribution in [0.3, 0.4) is 0 Å². The van der Waals surface area contributed by atoms with Crippen molar-refractivity contribution in [2.45, 2.75) is 17.7 Å². The van der Waals surface area contributed by atoms with Crippen LogP contribution in [0, 0.1) is 0 Å². The van der Waals surface area contributed by atoms with Crippen molar-refractivity contribution in [1.29, 1.82) is 0 Å². The van der Waals surface area contributed by atoms with Crippen LogP contribution in [0.5, 0.6) is 11.6 Å². The predicted octanol–water partition coefficient (Wildman–Crippen LogP) is 1.83. The fourth-order valence-electron chi connectivity index (χ4n) is 3.33. The summed E-state index contributed by atoms with van der Waals surface area (Å²) in [6.45, 7) is 0. The number of carbonyl (C=O) groups is 2. The number of rotatable bonds is 6. The maximum atomic E-state index is 12.5. The molecule has 1 aromatic heterocycles. The summed E-state index contributed by atoms with van der Waals surface area (Å²) >= 11 is 6.82. The fraction of sp³-hybridized carbons (Fsp3) is 0.136. The average molecular weight is 516 g/mol. The third kappa shape index (κ3) is 5.73. The number of amides is 2. The second-order valence-corrected chi connectivity index (χ2v) is 9.08. The van der Waals surface area contributed by atoms with E-state index in [9.17, 15) is 29.4 Å². The number of halogens is 1. The van der Waals surface area contributed by atoms with E-state index in [1.54, 1.807) is 24.3 Å². The second kappa shape index (κ2) is 10.1. The number of phenols is 1. The number of aliphatic imine (C=N–C) groups is 1. The Balaban J connectivity index is 1.58. The summed E-state index contributed by atoms with van der Waals surface area (Å²) in [5.74, 6) is -1.57. The maximum absolute atomic E-state index is 12.5. The summed E-state index contributed by atoms with van der Waals surface area (Å²) in [5, 5.41) is 25.0. The van der Waals surface area contributed by atoms with E-state index in [2.05, 4.69) is 20.6 Å². The van der Waals surface area contributed by atoms with Gasteiger partial charge in [0.2, 0.25) is 17.7 Å². The normalized spacial score (nSPS) is 17.2. The lowest BCUT2D eigenvalue weighted by Crippen LogP contribution is -2.29. The number of nitrogens with zero attached hydrogens (tertiary/aromatic N) is 1. The van der Waals surface area contributed by atoms with Crippen molar-refractivity contribution in [1.82, 2.24) is 15.3 Å². The number of carbonyl (C=O) groups excluding carboxylic acids is 2. The highest BCUT2D eigenvalue weighted by atomic mass is 35.5. The number of nitrogens with one attached hydrogen (secondary N) is 4. The molecule has 0 unspecified atom stereocenters. The predicted molar refractivity (Wildman–Crippen MR) is 131 cm³/mol. The largest absolute Gasteiger partial charge is 0.508 e. The molecule has 6 N–H and O–H groups in total. The first-order chi connectivity index (χ1) is 16.7. The second-order valence-electron chi connectivity index (χ2n) is 7.45. The molecule has 13 heteroatoms. The van der Waals surface area contributed by atoms with E-state index in [-0.39, 0.29) is 22.9 Å². The maximum Gasteiger partial charge on any atom is 0.328 e. The molecule has 0 aliphatic carbocycles. The van der Waals surface area contributed by atoms with Gasteiger partial charge in [-0.2, -0.15) is 0 Å². The molecule has 2 amide bonds. The minimum absolute atomic E-state index is 0.0324. The first-order valence-electron chi connectivity index (χ1n) is 10.1. The lowest BCUT2D eigenvalue weighted by atomic mass is 10.0. The summed E-state index contributed by atoms with van der Waals surface area (Å²) in [5.41, 5.74) is -1.12. The van der Waals surface area contributed by atoms with Gasteiger partial charge >= 0.3 is 5.69 Å². The smallest absolute Gasteiger partial charge is 0.328 e. The molecular weight excluding hydrogens is 498 g/mol. The van der Waals surface area contributed by atoms with Crippen LogP contribution in [0.15, 0.2) is 63.1 Å². The molecule has 1 aliphatic rings. The lowest BCUT2D eigenvalue weighted by molar-refractivity contribution is -0.122. The van der Waals surface area contributed by atoms with Gasteiger partial charge in [0.15, 0.2) is 5.17 Å². The molecule has 11 nitrogen and oxygen atoms in total. The molecule has 2 atom stereocenters. The fourth-order valence-corrected chi connectivity index (χ4v) is 4.45. The van der Waals surface area contributed by atoms with E-state index >= 15 is 0 Å². The third-order valence-corrected chi connectivity index (χ3v) is 6.31. The number of hydrogen-bond donors (Lipinski definition) is 6. The van der Waals surface area contributed by atoms with Crippen molar-refractivity contribution in [2.24, 2.45) is 4.99 Å². The van der Waals surface area contributed by atoms with E-state index in [4.69, 9.17) is 11.6 Å². The zero-order valence-electron chi connectivity index (χ0n) is 17.7. The minimum Gasteiger partial charge on any atom is -0.508 e. The zero-order chi connectivity index (χ0) is 25.1. The SMILES string of the molecule is O=C(C[C@@H]1SC(=N[C@H](c2ccc(O)cc2)c2c(O)[nH]c(=O)[nH]c2=O)NC1=O)Nc1ccc(Cl)cc1. The van der Waals surface area contributed by atoms with Crippen LogP contribution in [0.25, 0.3) is 0 Å². The van der Waals surface area contributed by atoms with Crippen molar-refractivity contribution in [3.05, 3.63) is 85.5 Å². The molecule has 0 radical (unpaired) electrons. The van der Waals surface area contributed by atoms with Crippen molar-refractivity contribution < 1.29 is 19.8 Å². The Morgan fingerprint density at radius 1 is 1.06 bits per heavy atom. The van der Waals surface area contributed by atoms with Gasteiger partial charge in [-0.25, -0.2) is 9.79 Å². The van der Waals surface area contributed by atoms with Gasteiger partial charge in [-0.3, -0.25) is 24.4 Å². The molecule has 2 aromatic carbocycles. The highest BCUT2D eigenvalue weighted by Crippen LogP contribution is 2.32. The molecule has 0 bridgehead atoms. The number of aromatic amines is 2. The van der Waals surface area contributed by atoms with Crippen LogP contribution in [-0.4, -0.2) is 42.4 Å². The molecule has 2 heterocycles. The Bertz CT molecular complexity index is 1420. The van der Waals surface area contributed by atoms with Crippen LogP contribution in [0.1, 0.15) is 23.6 Å². The number of phenolic OH excluding ortho intramolecular Hbond substituents is 1. The van der Waals surface area contributed by atoms with Crippen molar-refractivity contribution in [3.63, 3.8) is 0 Å². The number of amidine groups is 1. The number of anilines is 1. The van der Waals surface area contributed by atoms with Crippen molar-refractivity contribution in [3.8, 4) is 11.6 Å². The Hall–Kier alpha value is -4.03. The molecule has 0 saturated carbocycles. The number of benzene rings is 2. The van der Waals surface area contributed by atoms with E-state index in [1.165, 1.54) is 24.3 Å². The average Bonchev–Trinajstić information content (AvgIpc) is 3.13. The number of H-pyrrole nitrogens is 2. The van der Waals surface area contributed by atoms with Gasteiger partial charge in [0.05, 0.1) is 0 Å². The summed E-state index contributed by atoms with van der Waals surface area (Å²) in [7, 11) is 0. The van der Waals surface area contributed by atoms with E-state index in [0.717, 1.165) is 11.8 Å². The van der Waals surface area contributed by atoms with Gasteiger partial charge in [-0.15, -0.1) is 0 Å². The monoisotopic (exact) mass is 515 g/mol. The Labute approximate surface area is 206 Å². The minimum atomic E-state index is -1.14. The Kier molecular flexibility index (Phi) is 6.94. The molecule has 180 valence electrons. The van der Waals surface area contributed by atoms with E-state index in [1.807, 2.05) is 4.98 Å². The van der Waals surface area contributed by atoms with Crippen molar-refractivity contribution in [2.75, 3.05) is 5.32 Å². The van der Waals surface area contributed by atoms with Crippen LogP contribution in [0.4, 0.5) is 5.69 Å². The number of thioether (sulfide) groups is 1. The molecule has 35 heavy (non-hydrogen) atoms. The lowest BCUT2D eigenvalue weighted by Gasteiger charge is -2.14. The topological polar surface area (TPSA) is 177 Å². The van der Waals surface area contributed by atoms with Crippen molar-refractivity contribution >= 4 is 46.0 Å². The molecule has 4 rings (SSSR count). The summed E-state index contributed by atoms with van der Waals surface area (Å²) in [6.07, 6.45) is -0.146. The Morgan fingerprint density at radius 3 is 2.40 bits per heavy atom. The number of aromatic hydroxyl groups is 2. The molecule has 0 spiro atoms. The van der Waals surface area contributed by atoms with Gasteiger partial charge in [0.25, 0.3) is 5.56 Å². The molecule has 1 aliphatic heterocycles.